The van der Waals surface area contributed by atoms with Gasteiger partial charge in [-0.15, -0.1) is 10.2 Å². The fourth-order valence-electron chi connectivity index (χ4n) is 2.85. The standard InChI is InChI=1S/C13H18N4/c1-9-5-7-17-11(8-9)15-16-12(17)13(2)6-3-4-10(13)14/h5,7-8,10H,3-4,6,14H2,1-2H3. The van der Waals surface area contributed by atoms with Crippen molar-refractivity contribution < 1.29 is 0 Å². The van der Waals surface area contributed by atoms with Crippen LogP contribution in [0.1, 0.15) is 37.6 Å². The van der Waals surface area contributed by atoms with E-state index in [2.05, 4.69) is 46.8 Å². The summed E-state index contributed by atoms with van der Waals surface area (Å²) < 4.78 is 2.08. The minimum Gasteiger partial charge on any atom is -0.327 e. The lowest BCUT2D eigenvalue weighted by Crippen LogP contribution is -2.39. The Morgan fingerprint density at radius 3 is 3.00 bits per heavy atom. The number of hydrogen-bond acceptors (Lipinski definition) is 3. The van der Waals surface area contributed by atoms with Gasteiger partial charge < -0.3 is 5.73 Å². The van der Waals surface area contributed by atoms with E-state index in [1.807, 2.05) is 0 Å². The number of pyridine rings is 1. The first-order chi connectivity index (χ1) is 8.11. The number of hydrogen-bond donors (Lipinski definition) is 1. The van der Waals surface area contributed by atoms with Crippen molar-refractivity contribution in [2.45, 2.75) is 44.6 Å². The van der Waals surface area contributed by atoms with Crippen LogP contribution in [0.5, 0.6) is 0 Å². The first-order valence-corrected chi connectivity index (χ1v) is 6.19. The predicted molar refractivity (Wildman–Crippen MR) is 66.9 cm³/mol. The van der Waals surface area contributed by atoms with Crippen LogP contribution in [0.3, 0.4) is 0 Å². The first kappa shape index (κ1) is 10.7. The Bertz CT molecular complexity index is 560. The Hall–Kier alpha value is -1.42. The van der Waals surface area contributed by atoms with Crippen LogP contribution in [-0.2, 0) is 5.41 Å². The van der Waals surface area contributed by atoms with Crippen LogP contribution in [0.15, 0.2) is 18.3 Å². The summed E-state index contributed by atoms with van der Waals surface area (Å²) in [6.07, 6.45) is 5.41. The number of aromatic nitrogens is 3. The summed E-state index contributed by atoms with van der Waals surface area (Å²) in [5.74, 6) is 1.01. The molecule has 90 valence electrons. The quantitative estimate of drug-likeness (QED) is 0.812. The van der Waals surface area contributed by atoms with Crippen molar-refractivity contribution in [1.29, 1.82) is 0 Å². The molecule has 0 aromatic carbocycles. The Morgan fingerprint density at radius 2 is 2.29 bits per heavy atom. The van der Waals surface area contributed by atoms with E-state index in [0.29, 0.717) is 0 Å². The zero-order valence-corrected chi connectivity index (χ0v) is 10.3. The van der Waals surface area contributed by atoms with Crippen molar-refractivity contribution in [2.24, 2.45) is 5.73 Å². The molecular formula is C13H18N4. The molecule has 1 aliphatic rings. The second-order valence-electron chi connectivity index (χ2n) is 5.37. The summed E-state index contributed by atoms with van der Waals surface area (Å²) in [4.78, 5) is 0. The highest BCUT2D eigenvalue weighted by atomic mass is 15.3. The SMILES string of the molecule is Cc1ccn2c(C3(C)CCCC3N)nnc2c1. The Labute approximate surface area is 101 Å². The fraction of sp³-hybridized carbons (Fsp3) is 0.538. The molecule has 1 aliphatic carbocycles. The van der Waals surface area contributed by atoms with Gasteiger partial charge in [-0.2, -0.15) is 0 Å². The summed E-state index contributed by atoms with van der Waals surface area (Å²) >= 11 is 0. The third-order valence-corrected chi connectivity index (χ3v) is 4.11. The van der Waals surface area contributed by atoms with Crippen LogP contribution in [0.4, 0.5) is 0 Å². The minimum atomic E-state index is -0.0331. The normalized spacial score (nSPS) is 29.0. The molecule has 2 heterocycles. The monoisotopic (exact) mass is 230 g/mol. The van der Waals surface area contributed by atoms with Gasteiger partial charge in [0.05, 0.1) is 0 Å². The summed E-state index contributed by atoms with van der Waals surface area (Å²) in [7, 11) is 0. The molecule has 1 fully saturated rings. The van der Waals surface area contributed by atoms with Crippen molar-refractivity contribution in [3.8, 4) is 0 Å². The lowest BCUT2D eigenvalue weighted by molar-refractivity contribution is 0.400. The van der Waals surface area contributed by atoms with Crippen LogP contribution in [0.25, 0.3) is 5.65 Å². The number of rotatable bonds is 1. The molecule has 3 rings (SSSR count). The molecule has 2 atom stereocenters. The molecule has 2 aromatic heterocycles. The molecular weight excluding hydrogens is 212 g/mol. The Balaban J connectivity index is 2.18. The third-order valence-electron chi connectivity index (χ3n) is 4.11. The molecule has 0 radical (unpaired) electrons. The van der Waals surface area contributed by atoms with Crippen LogP contribution in [-0.4, -0.2) is 20.6 Å². The van der Waals surface area contributed by atoms with Gasteiger partial charge in [-0.1, -0.05) is 13.3 Å². The summed E-state index contributed by atoms with van der Waals surface area (Å²) in [6, 6.07) is 4.33. The lowest BCUT2D eigenvalue weighted by Gasteiger charge is -2.26. The van der Waals surface area contributed by atoms with Gasteiger partial charge >= 0.3 is 0 Å². The van der Waals surface area contributed by atoms with E-state index in [4.69, 9.17) is 5.73 Å². The highest BCUT2D eigenvalue weighted by molar-refractivity contribution is 5.42. The molecule has 2 N–H and O–H groups in total. The number of nitrogens with zero attached hydrogens (tertiary/aromatic N) is 3. The lowest BCUT2D eigenvalue weighted by atomic mass is 9.84. The Kier molecular flexibility index (Phi) is 2.23. The molecule has 17 heavy (non-hydrogen) atoms. The first-order valence-electron chi connectivity index (χ1n) is 6.19. The van der Waals surface area contributed by atoms with E-state index in [-0.39, 0.29) is 11.5 Å². The minimum absolute atomic E-state index is 0.0331. The second-order valence-corrected chi connectivity index (χ2v) is 5.37. The van der Waals surface area contributed by atoms with Crippen LogP contribution < -0.4 is 5.73 Å². The highest BCUT2D eigenvalue weighted by Crippen LogP contribution is 2.38. The maximum absolute atomic E-state index is 6.24. The molecule has 4 nitrogen and oxygen atoms in total. The maximum Gasteiger partial charge on any atom is 0.161 e. The molecule has 1 saturated carbocycles. The number of nitrogens with two attached hydrogens (primary N) is 1. The van der Waals surface area contributed by atoms with Gasteiger partial charge in [0.15, 0.2) is 5.65 Å². The molecule has 2 aromatic rings. The van der Waals surface area contributed by atoms with Crippen molar-refractivity contribution in [3.05, 3.63) is 29.7 Å². The van der Waals surface area contributed by atoms with E-state index < -0.39 is 0 Å². The summed E-state index contributed by atoms with van der Waals surface area (Å²) in [5, 5.41) is 8.63. The molecule has 0 spiro atoms. The smallest absolute Gasteiger partial charge is 0.161 e. The average Bonchev–Trinajstić information content (AvgIpc) is 2.84. The summed E-state index contributed by atoms with van der Waals surface area (Å²) in [6.45, 7) is 4.28. The van der Waals surface area contributed by atoms with Gasteiger partial charge in [0.1, 0.15) is 5.82 Å². The molecule has 0 amide bonds. The summed E-state index contributed by atoms with van der Waals surface area (Å²) in [5.41, 5.74) is 8.33. The van der Waals surface area contributed by atoms with Crippen molar-refractivity contribution in [2.75, 3.05) is 0 Å². The van der Waals surface area contributed by atoms with Crippen LogP contribution >= 0.6 is 0 Å². The van der Waals surface area contributed by atoms with E-state index in [1.54, 1.807) is 0 Å². The van der Waals surface area contributed by atoms with Gasteiger partial charge in [-0.25, -0.2) is 0 Å². The number of fused-ring (bicyclic) bond motifs is 1. The predicted octanol–water partition coefficient (Wildman–Crippen LogP) is 1.81. The van der Waals surface area contributed by atoms with E-state index in [1.165, 1.54) is 12.0 Å². The topological polar surface area (TPSA) is 56.2 Å². The van der Waals surface area contributed by atoms with E-state index >= 15 is 0 Å². The maximum atomic E-state index is 6.24. The molecule has 0 saturated heterocycles. The third kappa shape index (κ3) is 1.47. The van der Waals surface area contributed by atoms with Crippen molar-refractivity contribution in [3.63, 3.8) is 0 Å². The van der Waals surface area contributed by atoms with Crippen molar-refractivity contribution >= 4 is 5.65 Å². The zero-order valence-electron chi connectivity index (χ0n) is 10.3. The Morgan fingerprint density at radius 1 is 1.47 bits per heavy atom. The highest BCUT2D eigenvalue weighted by Gasteiger charge is 2.41. The molecule has 4 heteroatoms. The largest absolute Gasteiger partial charge is 0.327 e. The van der Waals surface area contributed by atoms with E-state index in [0.717, 1.165) is 24.3 Å². The van der Waals surface area contributed by atoms with Gasteiger partial charge in [0, 0.05) is 17.7 Å². The molecule has 0 aliphatic heterocycles. The van der Waals surface area contributed by atoms with Gasteiger partial charge in [-0.05, 0) is 37.5 Å². The number of aryl methyl sites for hydroxylation is 1. The zero-order chi connectivity index (χ0) is 12.0. The molecule has 0 bridgehead atoms. The average molecular weight is 230 g/mol. The second kappa shape index (κ2) is 3.53. The molecule has 2 unspecified atom stereocenters. The fourth-order valence-corrected chi connectivity index (χ4v) is 2.85. The van der Waals surface area contributed by atoms with Gasteiger partial charge in [0.2, 0.25) is 0 Å². The van der Waals surface area contributed by atoms with Crippen LogP contribution in [0, 0.1) is 6.92 Å². The van der Waals surface area contributed by atoms with Crippen molar-refractivity contribution in [1.82, 2.24) is 14.6 Å². The van der Waals surface area contributed by atoms with Gasteiger partial charge in [0.25, 0.3) is 0 Å². The van der Waals surface area contributed by atoms with E-state index in [9.17, 15) is 0 Å². The van der Waals surface area contributed by atoms with Crippen LogP contribution in [0.2, 0.25) is 0 Å². The van der Waals surface area contributed by atoms with Gasteiger partial charge in [-0.3, -0.25) is 4.40 Å².